The van der Waals surface area contributed by atoms with Crippen LogP contribution in [0.1, 0.15) is 15.6 Å². The van der Waals surface area contributed by atoms with Crippen molar-refractivity contribution in [2.75, 3.05) is 6.61 Å². The van der Waals surface area contributed by atoms with E-state index < -0.39 is 16.3 Å². The number of halogens is 3. The molecule has 16 heavy (non-hydrogen) atoms. The van der Waals surface area contributed by atoms with Crippen molar-refractivity contribution in [3.05, 3.63) is 25.7 Å². The minimum absolute atomic E-state index is 0.0422. The third-order valence-corrected chi connectivity index (χ3v) is 2.92. The van der Waals surface area contributed by atoms with Crippen LogP contribution in [0.5, 0.6) is 0 Å². The molecule has 0 saturated carbocycles. The minimum Gasteiger partial charge on any atom is -0.314 e. The smallest absolute Gasteiger partial charge is 0.314 e. The molecule has 0 unspecified atom stereocenters. The standard InChI is InChI=1S/C7H7F3N2O3S/c1-4-5(2-3-15-12(13)14)16-6(11-4)7(8,9)10/h2-3H2,1H3. The number of alkyl halides is 3. The summed E-state index contributed by atoms with van der Waals surface area (Å²) in [5, 5.41) is 7.90. The molecule has 1 rings (SSSR count). The van der Waals surface area contributed by atoms with Gasteiger partial charge in [-0.25, -0.2) is 4.98 Å². The molecule has 5 nitrogen and oxygen atoms in total. The lowest BCUT2D eigenvalue weighted by molar-refractivity contribution is -0.757. The Morgan fingerprint density at radius 1 is 1.56 bits per heavy atom. The summed E-state index contributed by atoms with van der Waals surface area (Å²) >= 11 is 0.479. The SMILES string of the molecule is Cc1nc(C(F)(F)F)sc1CCO[N+](=O)[O-]. The Hall–Kier alpha value is -1.38. The van der Waals surface area contributed by atoms with Gasteiger partial charge in [0.1, 0.15) is 6.61 Å². The van der Waals surface area contributed by atoms with Crippen molar-refractivity contribution in [1.82, 2.24) is 4.98 Å². The fraction of sp³-hybridized carbons (Fsp3) is 0.571. The van der Waals surface area contributed by atoms with Crippen LogP contribution >= 0.6 is 11.3 Å². The van der Waals surface area contributed by atoms with Crippen molar-refractivity contribution in [2.45, 2.75) is 19.5 Å². The van der Waals surface area contributed by atoms with Crippen LogP contribution in [0.15, 0.2) is 0 Å². The predicted octanol–water partition coefficient (Wildman–Crippen LogP) is 2.22. The molecule has 0 aliphatic heterocycles. The molecule has 0 N–H and O–H groups in total. The normalized spacial score (nSPS) is 11.5. The second-order valence-electron chi connectivity index (χ2n) is 2.83. The highest BCUT2D eigenvalue weighted by molar-refractivity contribution is 7.11. The number of aromatic nitrogens is 1. The van der Waals surface area contributed by atoms with Gasteiger partial charge in [0.25, 0.3) is 5.09 Å². The van der Waals surface area contributed by atoms with E-state index >= 15 is 0 Å². The molecular formula is C7H7F3N2O3S. The minimum atomic E-state index is -4.47. The van der Waals surface area contributed by atoms with Crippen molar-refractivity contribution in [3.63, 3.8) is 0 Å². The lowest BCUT2D eigenvalue weighted by Gasteiger charge is -1.99. The van der Waals surface area contributed by atoms with Gasteiger partial charge >= 0.3 is 6.18 Å². The molecule has 0 atom stereocenters. The van der Waals surface area contributed by atoms with Gasteiger partial charge < -0.3 is 4.84 Å². The maximum atomic E-state index is 12.2. The maximum absolute atomic E-state index is 12.2. The van der Waals surface area contributed by atoms with Crippen LogP contribution in [0.4, 0.5) is 13.2 Å². The summed E-state index contributed by atoms with van der Waals surface area (Å²) in [6.07, 6.45) is -4.43. The first kappa shape index (κ1) is 12.7. The Bertz CT molecular complexity index is 391. The van der Waals surface area contributed by atoms with Gasteiger partial charge in [-0.2, -0.15) is 13.2 Å². The number of hydrogen-bond donors (Lipinski definition) is 0. The molecule has 0 spiro atoms. The Kier molecular flexibility index (Phi) is 3.68. The number of nitrogens with zero attached hydrogens (tertiary/aromatic N) is 2. The fourth-order valence-corrected chi connectivity index (χ4v) is 1.90. The summed E-state index contributed by atoms with van der Waals surface area (Å²) in [7, 11) is 0. The summed E-state index contributed by atoms with van der Waals surface area (Å²) in [5.74, 6) is 0. The number of aryl methyl sites for hydroxylation is 1. The van der Waals surface area contributed by atoms with E-state index in [4.69, 9.17) is 0 Å². The van der Waals surface area contributed by atoms with Crippen LogP contribution in [0.3, 0.4) is 0 Å². The van der Waals surface area contributed by atoms with Crippen LogP contribution in [-0.2, 0) is 17.4 Å². The van der Waals surface area contributed by atoms with Gasteiger partial charge in [0, 0.05) is 11.3 Å². The summed E-state index contributed by atoms with van der Waals surface area (Å²) < 4.78 is 36.7. The van der Waals surface area contributed by atoms with Gasteiger partial charge in [-0.15, -0.1) is 21.5 Å². The lowest BCUT2D eigenvalue weighted by Crippen LogP contribution is -2.04. The first-order chi connectivity index (χ1) is 7.30. The highest BCUT2D eigenvalue weighted by atomic mass is 32.1. The van der Waals surface area contributed by atoms with Crippen molar-refractivity contribution >= 4 is 11.3 Å². The van der Waals surface area contributed by atoms with Crippen LogP contribution in [0, 0.1) is 17.0 Å². The molecule has 0 amide bonds. The molecule has 0 radical (unpaired) electrons. The third-order valence-electron chi connectivity index (χ3n) is 1.66. The number of thiazole rings is 1. The van der Waals surface area contributed by atoms with Gasteiger partial charge in [0.2, 0.25) is 0 Å². The van der Waals surface area contributed by atoms with E-state index in [9.17, 15) is 23.3 Å². The van der Waals surface area contributed by atoms with Gasteiger partial charge in [0.05, 0.1) is 5.69 Å². The average Bonchev–Trinajstić information content (AvgIpc) is 2.46. The van der Waals surface area contributed by atoms with Crippen LogP contribution in [-0.4, -0.2) is 16.7 Å². The van der Waals surface area contributed by atoms with Crippen molar-refractivity contribution < 1.29 is 23.1 Å². The summed E-state index contributed by atoms with van der Waals surface area (Å²) in [6.45, 7) is 1.15. The first-order valence-corrected chi connectivity index (χ1v) is 4.93. The number of rotatable bonds is 4. The zero-order valence-electron chi connectivity index (χ0n) is 8.08. The average molecular weight is 256 g/mol. The summed E-state index contributed by atoms with van der Waals surface area (Å²) in [6, 6.07) is 0. The largest absolute Gasteiger partial charge is 0.443 e. The second kappa shape index (κ2) is 4.64. The van der Waals surface area contributed by atoms with Crippen LogP contribution in [0.25, 0.3) is 0 Å². The van der Waals surface area contributed by atoms with E-state index in [0.717, 1.165) is 0 Å². The summed E-state index contributed by atoms with van der Waals surface area (Å²) in [4.78, 5) is 17.5. The first-order valence-electron chi connectivity index (χ1n) is 4.11. The van der Waals surface area contributed by atoms with Gasteiger partial charge in [-0.3, -0.25) is 0 Å². The van der Waals surface area contributed by atoms with Crippen LogP contribution < -0.4 is 0 Å². The highest BCUT2D eigenvalue weighted by Crippen LogP contribution is 2.34. The van der Waals surface area contributed by atoms with E-state index in [1.807, 2.05) is 0 Å². The Morgan fingerprint density at radius 3 is 2.62 bits per heavy atom. The molecule has 0 aromatic carbocycles. The molecule has 1 heterocycles. The molecule has 0 aliphatic rings. The van der Waals surface area contributed by atoms with Gasteiger partial charge in [0.15, 0.2) is 5.01 Å². The zero-order valence-corrected chi connectivity index (χ0v) is 8.89. The molecule has 0 saturated heterocycles. The highest BCUT2D eigenvalue weighted by Gasteiger charge is 2.35. The molecule has 0 bridgehead atoms. The predicted molar refractivity (Wildman–Crippen MR) is 48.5 cm³/mol. The topological polar surface area (TPSA) is 65.3 Å². The molecule has 1 aromatic heterocycles. The van der Waals surface area contributed by atoms with Crippen molar-refractivity contribution in [3.8, 4) is 0 Å². The molecule has 9 heteroatoms. The zero-order chi connectivity index (χ0) is 12.3. The Morgan fingerprint density at radius 2 is 2.19 bits per heavy atom. The molecule has 0 fully saturated rings. The Labute approximate surface area is 92.0 Å². The van der Waals surface area contributed by atoms with Gasteiger partial charge in [-0.1, -0.05) is 0 Å². The number of hydrogen-bond acceptors (Lipinski definition) is 5. The van der Waals surface area contributed by atoms with E-state index in [-0.39, 0.29) is 18.7 Å². The van der Waals surface area contributed by atoms with Crippen LogP contribution in [0.2, 0.25) is 0 Å². The fourth-order valence-electron chi connectivity index (χ4n) is 0.994. The van der Waals surface area contributed by atoms with E-state index in [0.29, 0.717) is 16.2 Å². The van der Waals surface area contributed by atoms with E-state index in [2.05, 4.69) is 9.82 Å². The maximum Gasteiger partial charge on any atom is 0.443 e. The Balaban J connectivity index is 2.67. The quantitative estimate of drug-likeness (QED) is 0.612. The van der Waals surface area contributed by atoms with Crippen molar-refractivity contribution in [2.24, 2.45) is 0 Å². The second-order valence-corrected chi connectivity index (χ2v) is 3.92. The van der Waals surface area contributed by atoms with E-state index in [1.54, 1.807) is 0 Å². The molecular weight excluding hydrogens is 249 g/mol. The molecule has 0 aliphatic carbocycles. The molecule has 1 aromatic rings. The van der Waals surface area contributed by atoms with E-state index in [1.165, 1.54) is 6.92 Å². The van der Waals surface area contributed by atoms with Crippen molar-refractivity contribution in [1.29, 1.82) is 0 Å². The summed E-state index contributed by atoms with van der Waals surface area (Å²) in [5.41, 5.74) is 0.226. The lowest BCUT2D eigenvalue weighted by atomic mass is 10.3. The molecule has 90 valence electrons. The van der Waals surface area contributed by atoms with Gasteiger partial charge in [-0.05, 0) is 6.92 Å². The third kappa shape index (κ3) is 3.33. The monoisotopic (exact) mass is 256 g/mol.